The zero-order valence-corrected chi connectivity index (χ0v) is 12.3. The SMILES string of the molecule is CC(C)(CN1CCC[C@H](O)C1)C(=O)Nc1ccccc1. The zero-order chi connectivity index (χ0) is 14.6. The molecule has 20 heavy (non-hydrogen) atoms. The number of β-amino-alcohol motifs (C(OH)–C–C–N with tert-alkyl or cyclic N) is 1. The number of amides is 1. The molecule has 110 valence electrons. The van der Waals surface area contributed by atoms with Gasteiger partial charge in [-0.1, -0.05) is 18.2 Å². The molecule has 4 nitrogen and oxygen atoms in total. The van der Waals surface area contributed by atoms with Crippen LogP contribution in [0, 0.1) is 5.41 Å². The Morgan fingerprint density at radius 1 is 1.40 bits per heavy atom. The van der Waals surface area contributed by atoms with Crippen LogP contribution in [0.3, 0.4) is 0 Å². The Hall–Kier alpha value is -1.39. The summed E-state index contributed by atoms with van der Waals surface area (Å²) in [4.78, 5) is 14.6. The average molecular weight is 276 g/mol. The van der Waals surface area contributed by atoms with E-state index in [0.717, 1.165) is 25.1 Å². The summed E-state index contributed by atoms with van der Waals surface area (Å²) >= 11 is 0. The van der Waals surface area contributed by atoms with E-state index in [1.54, 1.807) is 0 Å². The van der Waals surface area contributed by atoms with E-state index in [2.05, 4.69) is 10.2 Å². The molecule has 0 aromatic heterocycles. The molecule has 0 unspecified atom stereocenters. The molecule has 1 aliphatic heterocycles. The molecule has 4 heteroatoms. The van der Waals surface area contributed by atoms with Gasteiger partial charge in [-0.05, 0) is 45.4 Å². The van der Waals surface area contributed by atoms with Crippen molar-refractivity contribution in [2.24, 2.45) is 5.41 Å². The number of para-hydroxylation sites is 1. The zero-order valence-electron chi connectivity index (χ0n) is 12.3. The number of hydrogen-bond acceptors (Lipinski definition) is 3. The van der Waals surface area contributed by atoms with Crippen LogP contribution in [0.25, 0.3) is 0 Å². The van der Waals surface area contributed by atoms with Gasteiger partial charge in [0.05, 0.1) is 11.5 Å². The molecule has 1 fully saturated rings. The maximum absolute atomic E-state index is 12.4. The lowest BCUT2D eigenvalue weighted by atomic mass is 9.90. The second-order valence-corrected chi connectivity index (χ2v) is 6.24. The second-order valence-electron chi connectivity index (χ2n) is 6.24. The number of anilines is 1. The Morgan fingerprint density at radius 2 is 2.10 bits per heavy atom. The highest BCUT2D eigenvalue weighted by atomic mass is 16.3. The molecule has 1 aromatic carbocycles. The smallest absolute Gasteiger partial charge is 0.231 e. The number of likely N-dealkylation sites (tertiary alicyclic amines) is 1. The summed E-state index contributed by atoms with van der Waals surface area (Å²) in [7, 11) is 0. The number of benzene rings is 1. The molecule has 1 aromatic rings. The third-order valence-corrected chi connectivity index (χ3v) is 3.75. The van der Waals surface area contributed by atoms with Gasteiger partial charge < -0.3 is 10.4 Å². The van der Waals surface area contributed by atoms with E-state index in [1.807, 2.05) is 44.2 Å². The van der Waals surface area contributed by atoms with Gasteiger partial charge in [0.25, 0.3) is 0 Å². The van der Waals surface area contributed by atoms with Crippen LogP contribution in [-0.2, 0) is 4.79 Å². The molecule has 0 spiro atoms. The highest BCUT2D eigenvalue weighted by Gasteiger charge is 2.31. The van der Waals surface area contributed by atoms with Gasteiger partial charge in [-0.2, -0.15) is 0 Å². The Labute approximate surface area is 120 Å². The molecule has 1 heterocycles. The number of carbonyl (C=O) groups excluding carboxylic acids is 1. The highest BCUT2D eigenvalue weighted by molar-refractivity contribution is 5.94. The normalized spacial score (nSPS) is 20.6. The van der Waals surface area contributed by atoms with Crippen molar-refractivity contribution >= 4 is 11.6 Å². The number of aliphatic hydroxyl groups excluding tert-OH is 1. The van der Waals surface area contributed by atoms with E-state index in [4.69, 9.17) is 0 Å². The fourth-order valence-electron chi connectivity index (χ4n) is 2.63. The Balaban J connectivity index is 1.93. The van der Waals surface area contributed by atoms with Crippen molar-refractivity contribution in [3.05, 3.63) is 30.3 Å². The number of nitrogens with zero attached hydrogens (tertiary/aromatic N) is 1. The number of rotatable bonds is 4. The van der Waals surface area contributed by atoms with Crippen LogP contribution < -0.4 is 5.32 Å². The van der Waals surface area contributed by atoms with Crippen LogP contribution >= 0.6 is 0 Å². The quantitative estimate of drug-likeness (QED) is 0.885. The fraction of sp³-hybridized carbons (Fsp3) is 0.562. The molecule has 0 aliphatic carbocycles. The predicted molar refractivity (Wildman–Crippen MR) is 80.5 cm³/mol. The highest BCUT2D eigenvalue weighted by Crippen LogP contribution is 2.22. The van der Waals surface area contributed by atoms with E-state index in [0.29, 0.717) is 13.1 Å². The van der Waals surface area contributed by atoms with Crippen LogP contribution in [0.2, 0.25) is 0 Å². The van der Waals surface area contributed by atoms with E-state index < -0.39 is 5.41 Å². The lowest BCUT2D eigenvalue weighted by Gasteiger charge is -2.35. The lowest BCUT2D eigenvalue weighted by molar-refractivity contribution is -0.125. The standard InChI is InChI=1S/C16H24N2O2/c1-16(2,12-18-10-6-9-14(19)11-18)15(20)17-13-7-4-3-5-8-13/h3-5,7-8,14,19H,6,9-12H2,1-2H3,(H,17,20)/t14-/m0/s1. The number of aliphatic hydroxyl groups is 1. The molecule has 1 atom stereocenters. The van der Waals surface area contributed by atoms with E-state index in [1.165, 1.54) is 0 Å². The van der Waals surface area contributed by atoms with Crippen LogP contribution in [-0.4, -0.2) is 41.7 Å². The summed E-state index contributed by atoms with van der Waals surface area (Å²) in [5.41, 5.74) is 0.344. The Kier molecular flexibility index (Phi) is 4.78. The van der Waals surface area contributed by atoms with Crippen molar-refractivity contribution in [1.29, 1.82) is 0 Å². The van der Waals surface area contributed by atoms with Gasteiger partial charge in [0.1, 0.15) is 0 Å². The van der Waals surface area contributed by atoms with Gasteiger partial charge in [0.2, 0.25) is 5.91 Å². The van der Waals surface area contributed by atoms with Crippen LogP contribution in [0.15, 0.2) is 30.3 Å². The largest absolute Gasteiger partial charge is 0.392 e. The third kappa shape index (κ3) is 4.05. The first-order valence-electron chi connectivity index (χ1n) is 7.24. The molecule has 0 bridgehead atoms. The van der Waals surface area contributed by atoms with Gasteiger partial charge >= 0.3 is 0 Å². The van der Waals surface area contributed by atoms with Gasteiger partial charge in [0, 0.05) is 18.8 Å². The van der Waals surface area contributed by atoms with Gasteiger partial charge in [-0.25, -0.2) is 0 Å². The summed E-state index contributed by atoms with van der Waals surface area (Å²) in [5, 5.41) is 12.7. The molecule has 1 saturated heterocycles. The first-order chi connectivity index (χ1) is 9.47. The minimum atomic E-state index is -0.479. The maximum Gasteiger partial charge on any atom is 0.231 e. The molecule has 0 saturated carbocycles. The number of nitrogens with one attached hydrogen (secondary N) is 1. The van der Waals surface area contributed by atoms with Gasteiger partial charge in [-0.15, -0.1) is 0 Å². The topological polar surface area (TPSA) is 52.6 Å². The molecular weight excluding hydrogens is 252 g/mol. The predicted octanol–water partition coefficient (Wildman–Crippen LogP) is 2.11. The van der Waals surface area contributed by atoms with Crippen molar-refractivity contribution in [3.8, 4) is 0 Å². The third-order valence-electron chi connectivity index (χ3n) is 3.75. The Morgan fingerprint density at radius 3 is 2.75 bits per heavy atom. The van der Waals surface area contributed by atoms with Gasteiger partial charge in [-0.3, -0.25) is 9.69 Å². The summed E-state index contributed by atoms with van der Waals surface area (Å²) in [5.74, 6) is 0.0174. The summed E-state index contributed by atoms with van der Waals surface area (Å²) < 4.78 is 0. The van der Waals surface area contributed by atoms with Crippen LogP contribution in [0.1, 0.15) is 26.7 Å². The van der Waals surface area contributed by atoms with Crippen LogP contribution in [0.4, 0.5) is 5.69 Å². The van der Waals surface area contributed by atoms with E-state index in [-0.39, 0.29) is 12.0 Å². The summed E-state index contributed by atoms with van der Waals surface area (Å²) in [6, 6.07) is 9.51. The van der Waals surface area contributed by atoms with Crippen molar-refractivity contribution < 1.29 is 9.90 Å². The number of hydrogen-bond donors (Lipinski definition) is 2. The minimum absolute atomic E-state index is 0.0174. The molecule has 0 radical (unpaired) electrons. The Bertz CT molecular complexity index is 445. The fourth-order valence-corrected chi connectivity index (χ4v) is 2.63. The average Bonchev–Trinajstić information content (AvgIpc) is 2.39. The molecule has 2 rings (SSSR count). The first kappa shape index (κ1) is 15.0. The molecule has 2 N–H and O–H groups in total. The lowest BCUT2D eigenvalue weighted by Crippen LogP contribution is -2.47. The molecular formula is C16H24N2O2. The summed E-state index contributed by atoms with van der Waals surface area (Å²) in [6.07, 6.45) is 1.61. The van der Waals surface area contributed by atoms with Crippen molar-refractivity contribution in [1.82, 2.24) is 4.90 Å². The monoisotopic (exact) mass is 276 g/mol. The van der Waals surface area contributed by atoms with Crippen molar-refractivity contribution in [3.63, 3.8) is 0 Å². The van der Waals surface area contributed by atoms with Crippen molar-refractivity contribution in [2.45, 2.75) is 32.8 Å². The second kappa shape index (κ2) is 6.37. The maximum atomic E-state index is 12.4. The van der Waals surface area contributed by atoms with Gasteiger partial charge in [0.15, 0.2) is 0 Å². The molecule has 1 aliphatic rings. The van der Waals surface area contributed by atoms with E-state index >= 15 is 0 Å². The number of piperidine rings is 1. The number of carbonyl (C=O) groups is 1. The summed E-state index contributed by atoms with van der Waals surface area (Å²) in [6.45, 7) is 6.20. The molecule has 1 amide bonds. The minimum Gasteiger partial charge on any atom is -0.392 e. The van der Waals surface area contributed by atoms with Crippen molar-refractivity contribution in [2.75, 3.05) is 25.0 Å². The van der Waals surface area contributed by atoms with E-state index in [9.17, 15) is 9.90 Å². The first-order valence-corrected chi connectivity index (χ1v) is 7.24. The van der Waals surface area contributed by atoms with Crippen LogP contribution in [0.5, 0.6) is 0 Å².